The molecule has 0 radical (unpaired) electrons. The Labute approximate surface area is 203 Å². The number of aromatic nitrogens is 1. The van der Waals surface area contributed by atoms with Gasteiger partial charge in [0.2, 0.25) is 0 Å². The van der Waals surface area contributed by atoms with Gasteiger partial charge >= 0.3 is 6.18 Å². The highest BCUT2D eigenvalue weighted by molar-refractivity contribution is 6.07. The number of aromatic hydroxyl groups is 1. The summed E-state index contributed by atoms with van der Waals surface area (Å²) in [6, 6.07) is 4.65. The van der Waals surface area contributed by atoms with E-state index in [0.29, 0.717) is 36.7 Å². The van der Waals surface area contributed by atoms with Crippen molar-refractivity contribution in [1.29, 1.82) is 0 Å². The molecule has 4 N–H and O–H groups in total. The Balaban J connectivity index is 2.50. The summed E-state index contributed by atoms with van der Waals surface area (Å²) >= 11 is 0. The minimum absolute atomic E-state index is 0.00667. The first kappa shape index (κ1) is 28.3. The van der Waals surface area contributed by atoms with Gasteiger partial charge in [0.25, 0.3) is 0 Å². The van der Waals surface area contributed by atoms with Crippen molar-refractivity contribution in [2.24, 2.45) is 4.99 Å². The number of nitrogens with two attached hydrogens (primary N) is 1. The molecule has 35 heavy (non-hydrogen) atoms. The molecule has 10 heteroatoms. The van der Waals surface area contributed by atoms with Gasteiger partial charge in [-0.15, -0.1) is 0 Å². The predicted octanol–water partition coefficient (Wildman–Crippen LogP) is 4.22. The SMILES string of the molecule is Cc1cc(C(F)(F)F)cc(O)c1-c1ccc(C(=NC(CCC=O)CN(C)C(C)C)C(C)O)c(N)n1. The predicted molar refractivity (Wildman–Crippen MR) is 131 cm³/mol. The summed E-state index contributed by atoms with van der Waals surface area (Å²) in [4.78, 5) is 22.0. The topological polar surface area (TPSA) is 112 Å². The maximum Gasteiger partial charge on any atom is 0.416 e. The maximum atomic E-state index is 13.1. The lowest BCUT2D eigenvalue weighted by Crippen LogP contribution is -2.35. The first-order valence-electron chi connectivity index (χ1n) is 11.3. The van der Waals surface area contributed by atoms with Gasteiger partial charge in [-0.25, -0.2) is 4.98 Å². The number of aliphatic imine (C=N–C) groups is 1. The normalized spacial score (nSPS) is 14.4. The molecule has 0 fully saturated rings. The third kappa shape index (κ3) is 7.25. The third-order valence-electron chi connectivity index (χ3n) is 5.81. The number of nitrogens with zero attached hydrogens (tertiary/aromatic N) is 3. The van der Waals surface area contributed by atoms with Crippen molar-refractivity contribution in [3.8, 4) is 17.0 Å². The van der Waals surface area contributed by atoms with Gasteiger partial charge in [0.1, 0.15) is 17.9 Å². The van der Waals surface area contributed by atoms with Crippen molar-refractivity contribution < 1.29 is 28.2 Å². The van der Waals surface area contributed by atoms with E-state index in [9.17, 15) is 28.2 Å². The van der Waals surface area contributed by atoms with Crippen molar-refractivity contribution in [3.63, 3.8) is 0 Å². The molecule has 7 nitrogen and oxygen atoms in total. The van der Waals surface area contributed by atoms with Crippen LogP contribution in [0.5, 0.6) is 5.75 Å². The highest BCUT2D eigenvalue weighted by Crippen LogP contribution is 2.38. The van der Waals surface area contributed by atoms with Crippen LogP contribution in [0.25, 0.3) is 11.3 Å². The highest BCUT2D eigenvalue weighted by Gasteiger charge is 2.32. The standard InChI is InChI=1S/C25H33F3N4O3/c1-14(2)32(5)13-18(7-6-10-33)30-23(16(4)34)19-8-9-20(31-24(19)29)22-15(3)11-17(12-21(22)35)25(26,27)28/h8-12,14,16,18,34-35H,6-7,13H2,1-5H3,(H2,29,31). The summed E-state index contributed by atoms with van der Waals surface area (Å²) in [6.45, 7) is 7.62. The van der Waals surface area contributed by atoms with Gasteiger partial charge in [-0.05, 0) is 71.0 Å². The fraction of sp³-hybridized carbons (Fsp3) is 0.480. The number of alkyl halides is 3. The molecule has 2 rings (SSSR count). The molecular formula is C25H33F3N4O3. The average Bonchev–Trinajstić information content (AvgIpc) is 2.74. The van der Waals surface area contributed by atoms with Crippen LogP contribution in [0.4, 0.5) is 19.0 Å². The number of nitrogen functional groups attached to an aromatic ring is 1. The van der Waals surface area contributed by atoms with Gasteiger partial charge in [-0.2, -0.15) is 13.2 Å². The molecule has 2 aromatic rings. The zero-order valence-corrected chi connectivity index (χ0v) is 20.6. The summed E-state index contributed by atoms with van der Waals surface area (Å²) in [5, 5.41) is 20.7. The molecule has 2 atom stereocenters. The number of aldehydes is 1. The number of rotatable bonds is 10. The van der Waals surface area contributed by atoms with Crippen LogP contribution in [0.15, 0.2) is 29.3 Å². The van der Waals surface area contributed by atoms with Gasteiger partial charge in [0.05, 0.1) is 29.1 Å². The van der Waals surface area contributed by atoms with Crippen molar-refractivity contribution in [3.05, 3.63) is 41.0 Å². The second-order valence-electron chi connectivity index (χ2n) is 8.94. The summed E-state index contributed by atoms with van der Waals surface area (Å²) in [6.07, 6.45) is -3.96. The zero-order chi connectivity index (χ0) is 26.5. The summed E-state index contributed by atoms with van der Waals surface area (Å²) < 4.78 is 39.2. The number of pyridine rings is 1. The van der Waals surface area contributed by atoms with Crippen LogP contribution in [0.2, 0.25) is 0 Å². The number of phenols is 1. The van der Waals surface area contributed by atoms with Gasteiger partial charge in [0, 0.05) is 30.1 Å². The van der Waals surface area contributed by atoms with Gasteiger partial charge in [0.15, 0.2) is 0 Å². The molecule has 0 bridgehead atoms. The molecule has 0 saturated carbocycles. The van der Waals surface area contributed by atoms with Gasteiger partial charge < -0.3 is 25.6 Å². The fourth-order valence-corrected chi connectivity index (χ4v) is 3.70. The Morgan fingerprint density at radius 2 is 1.91 bits per heavy atom. The number of benzene rings is 1. The Morgan fingerprint density at radius 3 is 2.40 bits per heavy atom. The quantitative estimate of drug-likeness (QED) is 0.337. The second kappa shape index (κ2) is 11.6. The number of hydrogen-bond acceptors (Lipinski definition) is 7. The molecule has 1 aromatic heterocycles. The second-order valence-corrected chi connectivity index (χ2v) is 8.94. The summed E-state index contributed by atoms with van der Waals surface area (Å²) in [5.74, 6) is -0.556. The van der Waals surface area contributed by atoms with E-state index in [1.54, 1.807) is 13.0 Å². The Morgan fingerprint density at radius 1 is 1.26 bits per heavy atom. The largest absolute Gasteiger partial charge is 0.507 e. The lowest BCUT2D eigenvalue weighted by atomic mass is 9.98. The minimum Gasteiger partial charge on any atom is -0.507 e. The number of carbonyl (C=O) groups is 1. The number of aryl methyl sites for hydroxylation is 1. The number of hydrogen-bond donors (Lipinski definition) is 3. The molecule has 0 spiro atoms. The molecule has 0 aliphatic carbocycles. The van der Waals surface area contributed by atoms with Crippen LogP contribution < -0.4 is 5.73 Å². The lowest BCUT2D eigenvalue weighted by molar-refractivity contribution is -0.137. The molecule has 0 saturated heterocycles. The molecule has 0 amide bonds. The smallest absolute Gasteiger partial charge is 0.416 e. The van der Waals surface area contributed by atoms with Gasteiger partial charge in [-0.1, -0.05) is 0 Å². The number of halogens is 3. The Hall–Kier alpha value is -2.98. The van der Waals surface area contributed by atoms with E-state index in [0.717, 1.165) is 12.4 Å². The summed E-state index contributed by atoms with van der Waals surface area (Å²) in [5.41, 5.74) is 6.41. The number of phenolic OH excluding ortho intramolecular Hbond substituents is 1. The average molecular weight is 495 g/mol. The van der Waals surface area contributed by atoms with E-state index >= 15 is 0 Å². The molecule has 192 valence electrons. The van der Waals surface area contributed by atoms with Gasteiger partial charge in [-0.3, -0.25) is 4.99 Å². The number of anilines is 1. The Kier molecular flexibility index (Phi) is 9.39. The fourth-order valence-electron chi connectivity index (χ4n) is 3.70. The number of aliphatic hydroxyl groups excluding tert-OH is 1. The number of carbonyl (C=O) groups excluding carboxylic acids is 1. The Bertz CT molecular complexity index is 1050. The number of aliphatic hydroxyl groups is 1. The van der Waals surface area contributed by atoms with Crippen molar-refractivity contribution in [1.82, 2.24) is 9.88 Å². The van der Waals surface area contributed by atoms with Crippen molar-refractivity contribution >= 4 is 17.8 Å². The van der Waals surface area contributed by atoms with E-state index in [1.807, 2.05) is 20.9 Å². The van der Waals surface area contributed by atoms with Crippen LogP contribution >= 0.6 is 0 Å². The van der Waals surface area contributed by atoms with Crippen molar-refractivity contribution in [2.45, 2.75) is 64.9 Å². The molecule has 0 aliphatic heterocycles. The minimum atomic E-state index is -4.59. The molecule has 1 aromatic carbocycles. The van der Waals surface area contributed by atoms with Crippen LogP contribution in [0.1, 0.15) is 50.3 Å². The molecule has 0 aliphatic rings. The van der Waals surface area contributed by atoms with Crippen molar-refractivity contribution in [2.75, 3.05) is 19.3 Å². The molecule has 2 unspecified atom stereocenters. The highest BCUT2D eigenvalue weighted by atomic mass is 19.4. The first-order valence-corrected chi connectivity index (χ1v) is 11.3. The van der Waals surface area contributed by atoms with E-state index in [1.165, 1.54) is 13.0 Å². The zero-order valence-electron chi connectivity index (χ0n) is 20.6. The van der Waals surface area contributed by atoms with Crippen LogP contribution in [-0.2, 0) is 11.0 Å². The van der Waals surface area contributed by atoms with E-state index in [2.05, 4.69) is 9.88 Å². The van der Waals surface area contributed by atoms with Crippen LogP contribution in [0.3, 0.4) is 0 Å². The molecule has 1 heterocycles. The maximum absolute atomic E-state index is 13.1. The van der Waals surface area contributed by atoms with Crippen LogP contribution in [-0.4, -0.2) is 63.9 Å². The third-order valence-corrected chi connectivity index (χ3v) is 5.81. The van der Waals surface area contributed by atoms with E-state index < -0.39 is 23.6 Å². The van der Waals surface area contributed by atoms with Crippen LogP contribution in [0, 0.1) is 6.92 Å². The lowest BCUT2D eigenvalue weighted by Gasteiger charge is -2.26. The van der Waals surface area contributed by atoms with E-state index in [-0.39, 0.29) is 34.7 Å². The monoisotopic (exact) mass is 494 g/mol. The first-order chi connectivity index (χ1) is 16.3. The molecular weight excluding hydrogens is 461 g/mol. The van der Waals surface area contributed by atoms with E-state index in [4.69, 9.17) is 10.7 Å². The number of likely N-dealkylation sites (N-methyl/N-ethyl adjacent to an activating group) is 1. The summed E-state index contributed by atoms with van der Waals surface area (Å²) in [7, 11) is 1.94.